The van der Waals surface area contributed by atoms with Crippen LogP contribution in [0.4, 0.5) is 0 Å². The Hall–Kier alpha value is -1.93. The van der Waals surface area contributed by atoms with E-state index < -0.39 is 5.03 Å². The summed E-state index contributed by atoms with van der Waals surface area (Å²) in [7, 11) is 1.80. The Bertz CT molecular complexity index is 562. The largest absolute Gasteiger partial charge is 0.328 e. The molecule has 2 rings (SSSR count). The topological polar surface area (TPSA) is 78.1 Å². The van der Waals surface area contributed by atoms with Crippen LogP contribution in [0, 0.1) is 10.1 Å². The lowest BCUT2D eigenvalue weighted by Crippen LogP contribution is -2.58. The lowest BCUT2D eigenvalue weighted by molar-refractivity contribution is -0.486. The van der Waals surface area contributed by atoms with Gasteiger partial charge >= 0.3 is 0 Å². The number of hydrogen-bond donors (Lipinski definition) is 0. The Balaban J connectivity index is 2.24. The van der Waals surface area contributed by atoms with E-state index in [0.29, 0.717) is 37.0 Å². The molecule has 22 heavy (non-hydrogen) atoms. The molecule has 0 saturated carbocycles. The summed E-state index contributed by atoms with van der Waals surface area (Å²) in [5.41, 5.74) is 0.916. The number of rotatable bonds is 4. The second-order valence-corrected chi connectivity index (χ2v) is 5.88. The van der Waals surface area contributed by atoms with Crippen molar-refractivity contribution in [2.24, 2.45) is 5.10 Å². The number of hydrazone groups is 1. The molecule has 1 aliphatic rings. The van der Waals surface area contributed by atoms with Gasteiger partial charge in [0.25, 0.3) is 5.96 Å². The molecule has 0 bridgehead atoms. The molecule has 0 atom stereocenters. The van der Waals surface area contributed by atoms with E-state index in [2.05, 4.69) is 28.8 Å². The normalized spacial score (nSPS) is 18.3. The summed E-state index contributed by atoms with van der Waals surface area (Å²) in [6.45, 7) is 5.82. The van der Waals surface area contributed by atoms with Crippen LogP contribution in [0.5, 0.6) is 0 Å². The molecule has 1 aromatic rings. The van der Waals surface area contributed by atoms with E-state index in [1.807, 2.05) is 11.0 Å². The quantitative estimate of drug-likeness (QED) is 0.475. The molecular weight excluding hydrogens is 308 g/mol. The van der Waals surface area contributed by atoms with Gasteiger partial charge in [-0.1, -0.05) is 17.7 Å². The molecule has 9 heteroatoms. The van der Waals surface area contributed by atoms with Crippen LogP contribution in [0.25, 0.3) is 0 Å². The molecule has 8 nitrogen and oxygen atoms in total. The Morgan fingerprint density at radius 2 is 2.18 bits per heavy atom. The summed E-state index contributed by atoms with van der Waals surface area (Å²) in [6, 6.07) is 3.88. The second-order valence-electron chi connectivity index (χ2n) is 5.49. The van der Waals surface area contributed by atoms with Gasteiger partial charge in [0.15, 0.2) is 5.03 Å². The Labute approximate surface area is 134 Å². The van der Waals surface area contributed by atoms with E-state index >= 15 is 0 Å². The van der Waals surface area contributed by atoms with Crippen molar-refractivity contribution in [2.75, 3.05) is 20.4 Å². The first-order chi connectivity index (χ1) is 10.4. The van der Waals surface area contributed by atoms with Gasteiger partial charge in [-0.2, -0.15) is 0 Å². The van der Waals surface area contributed by atoms with Crippen LogP contribution in [0.3, 0.4) is 0 Å². The minimum absolute atomic E-state index is 0.324. The summed E-state index contributed by atoms with van der Waals surface area (Å²) >= 11 is 5.79. The van der Waals surface area contributed by atoms with Gasteiger partial charge in [-0.25, -0.2) is 15.1 Å². The molecule has 1 fully saturated rings. The fraction of sp³-hybridized carbons (Fsp3) is 0.538. The molecule has 0 radical (unpaired) electrons. The lowest BCUT2D eigenvalue weighted by atomic mass is 10.2. The third-order valence-electron chi connectivity index (χ3n) is 3.43. The smallest absolute Gasteiger partial charge is 0.276 e. The molecule has 0 unspecified atom stereocenters. The highest BCUT2D eigenvalue weighted by Gasteiger charge is 2.30. The second kappa shape index (κ2) is 6.89. The molecule has 1 saturated heterocycles. The first-order valence-electron chi connectivity index (χ1n) is 6.90. The predicted molar refractivity (Wildman–Crippen MR) is 83.7 cm³/mol. The molecule has 0 spiro atoms. The predicted octanol–water partition coefficient (Wildman–Crippen LogP) is 1.66. The van der Waals surface area contributed by atoms with E-state index in [0.717, 1.165) is 5.56 Å². The minimum Gasteiger partial charge on any atom is -0.328 e. The summed E-state index contributed by atoms with van der Waals surface area (Å²) in [5, 5.41) is 14.1. The van der Waals surface area contributed by atoms with Gasteiger partial charge in [0.1, 0.15) is 10.3 Å². The highest BCUT2D eigenvalue weighted by atomic mass is 35.5. The third kappa shape index (κ3) is 4.05. The van der Waals surface area contributed by atoms with Gasteiger partial charge in [-0.05, 0) is 25.5 Å². The molecule has 120 valence electrons. The average molecular weight is 327 g/mol. The fourth-order valence-electron chi connectivity index (χ4n) is 2.28. The van der Waals surface area contributed by atoms with E-state index in [-0.39, 0.29) is 0 Å². The van der Waals surface area contributed by atoms with Crippen LogP contribution in [-0.2, 0) is 6.54 Å². The van der Waals surface area contributed by atoms with Crippen molar-refractivity contribution in [3.8, 4) is 0 Å². The van der Waals surface area contributed by atoms with Gasteiger partial charge in [-0.3, -0.25) is 4.90 Å². The number of halogens is 1. The van der Waals surface area contributed by atoms with E-state index in [9.17, 15) is 10.1 Å². The first-order valence-corrected chi connectivity index (χ1v) is 7.28. The van der Waals surface area contributed by atoms with Gasteiger partial charge in [0, 0.05) is 25.8 Å². The highest BCUT2D eigenvalue weighted by molar-refractivity contribution is 6.29. The van der Waals surface area contributed by atoms with Crippen LogP contribution < -0.4 is 0 Å². The van der Waals surface area contributed by atoms with Crippen LogP contribution in [-0.4, -0.2) is 57.1 Å². The maximum atomic E-state index is 10.8. The molecule has 0 aromatic carbocycles. The van der Waals surface area contributed by atoms with Crippen LogP contribution in [0.15, 0.2) is 23.4 Å². The van der Waals surface area contributed by atoms with Crippen LogP contribution in [0.2, 0.25) is 5.15 Å². The number of aromatic nitrogens is 1. The minimum atomic E-state index is -0.663. The zero-order valence-electron chi connectivity index (χ0n) is 12.8. The average Bonchev–Trinajstić information content (AvgIpc) is 2.44. The Kier molecular flexibility index (Phi) is 5.15. The number of nitrogens with zero attached hydrogens (tertiary/aromatic N) is 6. The van der Waals surface area contributed by atoms with Gasteiger partial charge in [0.2, 0.25) is 0 Å². The number of pyridine rings is 1. The summed E-state index contributed by atoms with van der Waals surface area (Å²) in [5.74, 6) is 0.344. The van der Waals surface area contributed by atoms with E-state index in [1.54, 1.807) is 24.2 Å². The van der Waals surface area contributed by atoms with E-state index in [1.165, 1.54) is 0 Å². The zero-order valence-corrected chi connectivity index (χ0v) is 13.6. The molecule has 1 aromatic heterocycles. The summed E-state index contributed by atoms with van der Waals surface area (Å²) in [4.78, 5) is 20.7. The van der Waals surface area contributed by atoms with Gasteiger partial charge < -0.3 is 9.80 Å². The lowest BCUT2D eigenvalue weighted by Gasteiger charge is -2.43. The van der Waals surface area contributed by atoms with Crippen molar-refractivity contribution in [3.63, 3.8) is 0 Å². The van der Waals surface area contributed by atoms with Crippen molar-refractivity contribution in [2.45, 2.75) is 26.4 Å². The standard InChI is InChI=1S/C13H19ClN6O2/c1-10(2)19-8-17(3)13(16-20(21)22)18(9-19)7-11-4-5-12(14)15-6-11/h4-6,10H,7-9H2,1-3H3. The molecular formula is C13H19ClN6O2. The Morgan fingerprint density at radius 3 is 2.73 bits per heavy atom. The van der Waals surface area contributed by atoms with Crippen molar-refractivity contribution in [1.29, 1.82) is 0 Å². The summed E-state index contributed by atoms with van der Waals surface area (Å²) < 4.78 is 0. The van der Waals surface area contributed by atoms with E-state index in [4.69, 9.17) is 11.6 Å². The molecule has 0 amide bonds. The fourth-order valence-corrected chi connectivity index (χ4v) is 2.40. The van der Waals surface area contributed by atoms with Crippen molar-refractivity contribution < 1.29 is 5.03 Å². The maximum Gasteiger partial charge on any atom is 0.276 e. The number of nitro groups is 1. The molecule has 0 N–H and O–H groups in total. The number of hydrogen-bond acceptors (Lipinski definition) is 4. The third-order valence-corrected chi connectivity index (χ3v) is 3.66. The van der Waals surface area contributed by atoms with Crippen molar-refractivity contribution >= 4 is 17.6 Å². The number of guanidine groups is 1. The van der Waals surface area contributed by atoms with Gasteiger partial charge in [0.05, 0.1) is 13.3 Å². The monoisotopic (exact) mass is 326 g/mol. The first kappa shape index (κ1) is 16.4. The summed E-state index contributed by atoms with van der Waals surface area (Å²) in [6.07, 6.45) is 1.67. The Morgan fingerprint density at radius 1 is 1.45 bits per heavy atom. The van der Waals surface area contributed by atoms with Crippen molar-refractivity contribution in [1.82, 2.24) is 19.7 Å². The van der Waals surface area contributed by atoms with Crippen LogP contribution >= 0.6 is 11.6 Å². The molecule has 0 aliphatic carbocycles. The maximum absolute atomic E-state index is 10.8. The highest BCUT2D eigenvalue weighted by Crippen LogP contribution is 2.16. The zero-order chi connectivity index (χ0) is 16.3. The SMILES string of the molecule is CC(C)N1CN(C)C(=N[N+](=O)[O-])N(Cc2ccc(Cl)nc2)C1. The van der Waals surface area contributed by atoms with Crippen LogP contribution in [0.1, 0.15) is 19.4 Å². The molecule has 1 aliphatic heterocycles. The van der Waals surface area contributed by atoms with Crippen molar-refractivity contribution in [3.05, 3.63) is 39.2 Å². The van der Waals surface area contributed by atoms with Gasteiger partial charge in [-0.15, -0.1) is 0 Å². The molecule has 2 heterocycles.